The van der Waals surface area contributed by atoms with Crippen LogP contribution in [0.5, 0.6) is 11.5 Å². The lowest BCUT2D eigenvalue weighted by molar-refractivity contribution is 0.0588. The predicted octanol–water partition coefficient (Wildman–Crippen LogP) is 3.10. The summed E-state index contributed by atoms with van der Waals surface area (Å²) in [4.78, 5) is 5.32. The third-order valence-corrected chi connectivity index (χ3v) is 6.95. The van der Waals surface area contributed by atoms with Crippen molar-refractivity contribution < 1.29 is 9.47 Å². The zero-order valence-corrected chi connectivity index (χ0v) is 18.7. The van der Waals surface area contributed by atoms with Gasteiger partial charge in [0.25, 0.3) is 0 Å². The van der Waals surface area contributed by atoms with E-state index in [0.717, 1.165) is 61.5 Å². The summed E-state index contributed by atoms with van der Waals surface area (Å²) in [6.07, 6.45) is 6.61. The van der Waals surface area contributed by atoms with Gasteiger partial charge in [-0.05, 0) is 53.3 Å². The first-order chi connectivity index (χ1) is 15.2. The van der Waals surface area contributed by atoms with Crippen LogP contribution in [0.3, 0.4) is 0 Å². The van der Waals surface area contributed by atoms with Gasteiger partial charge in [0, 0.05) is 32.2 Å². The summed E-state index contributed by atoms with van der Waals surface area (Å²) >= 11 is 0. The number of piperazine rings is 1. The number of rotatable bonds is 7. The summed E-state index contributed by atoms with van der Waals surface area (Å²) in [5, 5.41) is 12.9. The molecule has 0 bridgehead atoms. The van der Waals surface area contributed by atoms with Gasteiger partial charge in [-0.3, -0.25) is 9.80 Å². The Morgan fingerprint density at radius 3 is 2.58 bits per heavy atom. The lowest BCUT2D eigenvalue weighted by atomic mass is 10.0. The fourth-order valence-electron chi connectivity index (χ4n) is 5.32. The highest BCUT2D eigenvalue weighted by molar-refractivity contribution is 5.44. The van der Waals surface area contributed by atoms with E-state index in [-0.39, 0.29) is 12.8 Å². The quantitative estimate of drug-likeness (QED) is 0.674. The van der Waals surface area contributed by atoms with E-state index in [1.165, 1.54) is 25.7 Å². The second-order valence-corrected chi connectivity index (χ2v) is 9.54. The van der Waals surface area contributed by atoms with Gasteiger partial charge in [-0.1, -0.05) is 32.8 Å². The van der Waals surface area contributed by atoms with Gasteiger partial charge in [-0.2, -0.15) is 0 Å². The Labute approximate surface area is 184 Å². The minimum atomic E-state index is 0.245. The molecule has 1 aromatic heterocycles. The van der Waals surface area contributed by atoms with Gasteiger partial charge in [0.1, 0.15) is 0 Å². The van der Waals surface area contributed by atoms with Crippen LogP contribution in [0, 0.1) is 5.92 Å². The highest BCUT2D eigenvalue weighted by atomic mass is 16.7. The number of ether oxygens (including phenoxy) is 2. The summed E-state index contributed by atoms with van der Waals surface area (Å²) in [7, 11) is 0. The van der Waals surface area contributed by atoms with Crippen molar-refractivity contribution in [3.8, 4) is 11.5 Å². The molecule has 1 aromatic carbocycles. The molecule has 2 fully saturated rings. The summed E-state index contributed by atoms with van der Waals surface area (Å²) in [5.41, 5.74) is 1.12. The highest BCUT2D eigenvalue weighted by Gasteiger charge is 2.32. The van der Waals surface area contributed by atoms with Crippen LogP contribution in [0.1, 0.15) is 63.4 Å². The van der Waals surface area contributed by atoms with Gasteiger partial charge in [-0.25, -0.2) is 4.68 Å². The van der Waals surface area contributed by atoms with Crippen LogP contribution in [0.2, 0.25) is 0 Å². The van der Waals surface area contributed by atoms with Gasteiger partial charge >= 0.3 is 0 Å². The molecule has 168 valence electrons. The lowest BCUT2D eigenvalue weighted by Gasteiger charge is -2.41. The molecule has 1 atom stereocenters. The topological polar surface area (TPSA) is 68.5 Å². The van der Waals surface area contributed by atoms with Gasteiger partial charge in [-0.15, -0.1) is 5.10 Å². The fraction of sp³-hybridized carbons (Fsp3) is 0.696. The molecule has 5 rings (SSSR count). The van der Waals surface area contributed by atoms with Crippen LogP contribution in [-0.4, -0.2) is 69.0 Å². The Morgan fingerprint density at radius 2 is 1.81 bits per heavy atom. The molecular formula is C23H34N6O2. The van der Waals surface area contributed by atoms with Crippen molar-refractivity contribution in [2.24, 2.45) is 5.92 Å². The Morgan fingerprint density at radius 1 is 1.03 bits per heavy atom. The molecule has 1 saturated carbocycles. The number of tetrazole rings is 1. The second-order valence-electron chi connectivity index (χ2n) is 9.54. The van der Waals surface area contributed by atoms with Crippen LogP contribution in [0.25, 0.3) is 0 Å². The minimum Gasteiger partial charge on any atom is -0.454 e. The van der Waals surface area contributed by atoms with Crippen molar-refractivity contribution in [2.45, 2.75) is 64.6 Å². The number of nitrogens with zero attached hydrogens (tertiary/aromatic N) is 6. The summed E-state index contributed by atoms with van der Waals surface area (Å²) in [6.45, 7) is 9.98. The Hall–Kier alpha value is -2.19. The molecule has 3 heterocycles. The van der Waals surface area contributed by atoms with Crippen LogP contribution in [0.4, 0.5) is 0 Å². The van der Waals surface area contributed by atoms with E-state index in [4.69, 9.17) is 9.47 Å². The van der Waals surface area contributed by atoms with E-state index in [0.29, 0.717) is 12.5 Å². The molecular weight excluding hydrogens is 392 g/mol. The Bertz CT molecular complexity index is 871. The van der Waals surface area contributed by atoms with Gasteiger partial charge in [0.2, 0.25) is 6.79 Å². The number of aromatic nitrogens is 4. The summed E-state index contributed by atoms with van der Waals surface area (Å²) in [6, 6.07) is 7.12. The molecule has 0 spiro atoms. The highest BCUT2D eigenvalue weighted by Crippen LogP contribution is 2.33. The third-order valence-electron chi connectivity index (χ3n) is 6.95. The molecule has 1 saturated heterocycles. The van der Waals surface area contributed by atoms with Crippen molar-refractivity contribution in [1.82, 2.24) is 30.0 Å². The molecule has 0 radical (unpaired) electrons. The van der Waals surface area contributed by atoms with E-state index in [1.54, 1.807) is 0 Å². The first-order valence-electron chi connectivity index (χ1n) is 11.8. The average molecular weight is 427 g/mol. The second kappa shape index (κ2) is 9.12. The zero-order valence-electron chi connectivity index (χ0n) is 18.7. The Kier molecular flexibility index (Phi) is 6.09. The monoisotopic (exact) mass is 426 g/mol. The Balaban J connectivity index is 1.31. The number of hydrogen-bond donors (Lipinski definition) is 0. The van der Waals surface area contributed by atoms with E-state index >= 15 is 0 Å². The maximum absolute atomic E-state index is 5.54. The van der Waals surface area contributed by atoms with Crippen molar-refractivity contribution in [2.75, 3.05) is 33.0 Å². The molecule has 1 unspecified atom stereocenters. The van der Waals surface area contributed by atoms with Gasteiger partial charge in [0.05, 0.1) is 12.6 Å². The van der Waals surface area contributed by atoms with Crippen LogP contribution in [0.15, 0.2) is 18.2 Å². The minimum absolute atomic E-state index is 0.245. The van der Waals surface area contributed by atoms with E-state index in [1.807, 2.05) is 16.8 Å². The number of hydrogen-bond acceptors (Lipinski definition) is 7. The zero-order chi connectivity index (χ0) is 21.2. The molecule has 8 nitrogen and oxygen atoms in total. The van der Waals surface area contributed by atoms with Crippen molar-refractivity contribution in [3.05, 3.63) is 29.6 Å². The molecule has 0 N–H and O–H groups in total. The molecule has 2 aromatic rings. The number of fused-ring (bicyclic) bond motifs is 1. The molecule has 0 amide bonds. The maximum atomic E-state index is 5.54. The van der Waals surface area contributed by atoms with E-state index in [2.05, 4.69) is 45.2 Å². The molecule has 3 aliphatic rings. The molecule has 31 heavy (non-hydrogen) atoms. The van der Waals surface area contributed by atoms with Crippen LogP contribution in [-0.2, 0) is 6.54 Å². The maximum Gasteiger partial charge on any atom is 0.231 e. The van der Waals surface area contributed by atoms with Crippen LogP contribution >= 0.6 is 0 Å². The SMILES string of the molecule is CC(C)CC(c1nnnn1Cc1ccc2c(c1)OCO2)N1CCN(C2CCCC2)CC1. The van der Waals surface area contributed by atoms with Crippen molar-refractivity contribution in [3.63, 3.8) is 0 Å². The first kappa shape index (κ1) is 20.7. The smallest absolute Gasteiger partial charge is 0.231 e. The molecule has 8 heteroatoms. The largest absolute Gasteiger partial charge is 0.454 e. The third kappa shape index (κ3) is 4.55. The molecule has 2 aliphatic heterocycles. The normalized spacial score (nSPS) is 21.3. The number of benzene rings is 1. The van der Waals surface area contributed by atoms with Crippen LogP contribution < -0.4 is 9.47 Å². The van der Waals surface area contributed by atoms with Gasteiger partial charge in [0.15, 0.2) is 17.3 Å². The van der Waals surface area contributed by atoms with Crippen molar-refractivity contribution in [1.29, 1.82) is 0 Å². The summed E-state index contributed by atoms with van der Waals surface area (Å²) < 4.78 is 12.9. The van der Waals surface area contributed by atoms with E-state index in [9.17, 15) is 0 Å². The van der Waals surface area contributed by atoms with Crippen molar-refractivity contribution >= 4 is 0 Å². The first-order valence-corrected chi connectivity index (χ1v) is 11.8. The molecule has 1 aliphatic carbocycles. The standard InChI is InChI=1S/C23H34N6O2/c1-17(2)13-20(28-11-9-27(10-12-28)19-5-3-4-6-19)23-24-25-26-29(23)15-18-7-8-21-22(14-18)31-16-30-21/h7-8,14,17,19-20H,3-6,9-13,15-16H2,1-2H3. The average Bonchev–Trinajstić information content (AvgIpc) is 3.53. The lowest BCUT2D eigenvalue weighted by Crippen LogP contribution is -2.51. The van der Waals surface area contributed by atoms with Gasteiger partial charge < -0.3 is 9.47 Å². The van der Waals surface area contributed by atoms with E-state index < -0.39 is 0 Å². The predicted molar refractivity (Wildman–Crippen MR) is 117 cm³/mol. The summed E-state index contributed by atoms with van der Waals surface area (Å²) in [5.74, 6) is 3.15. The fourth-order valence-corrected chi connectivity index (χ4v) is 5.32.